The second-order valence-electron chi connectivity index (χ2n) is 3.92. The maximum Gasteiger partial charge on any atom is 0.248 e. The number of carbonyl (C=O) groups excluding carboxylic acids is 1. The fraction of sp³-hybridized carbons (Fsp3) is 0. The van der Waals surface area contributed by atoms with Crippen molar-refractivity contribution in [1.29, 1.82) is 0 Å². The lowest BCUT2D eigenvalue weighted by Gasteiger charge is -2.10. The number of halogens is 2. The quantitative estimate of drug-likeness (QED) is 0.744. The lowest BCUT2D eigenvalue weighted by atomic mass is 10.1. The van der Waals surface area contributed by atoms with Gasteiger partial charge in [0.05, 0.1) is 11.4 Å². The third-order valence-corrected chi connectivity index (χ3v) is 2.54. The summed E-state index contributed by atoms with van der Waals surface area (Å²) in [5.74, 6) is -2.52. The van der Waals surface area contributed by atoms with Crippen LogP contribution in [0, 0.1) is 11.6 Å². The van der Waals surface area contributed by atoms with E-state index in [1.54, 1.807) is 0 Å². The first-order valence-electron chi connectivity index (χ1n) is 5.39. The van der Waals surface area contributed by atoms with Crippen molar-refractivity contribution in [3.8, 4) is 0 Å². The van der Waals surface area contributed by atoms with E-state index in [2.05, 4.69) is 5.32 Å². The topological polar surface area (TPSA) is 81.1 Å². The largest absolute Gasteiger partial charge is 0.397 e. The van der Waals surface area contributed by atoms with Crippen molar-refractivity contribution in [2.24, 2.45) is 5.73 Å². The zero-order chi connectivity index (χ0) is 14.0. The number of hydrogen-bond acceptors (Lipinski definition) is 3. The smallest absolute Gasteiger partial charge is 0.248 e. The van der Waals surface area contributed by atoms with Crippen LogP contribution in [-0.4, -0.2) is 5.91 Å². The molecule has 0 fully saturated rings. The summed E-state index contributed by atoms with van der Waals surface area (Å²) in [5, 5.41) is 2.80. The lowest BCUT2D eigenvalue weighted by molar-refractivity contribution is 0.100. The van der Waals surface area contributed by atoms with E-state index < -0.39 is 17.5 Å². The van der Waals surface area contributed by atoms with Crippen molar-refractivity contribution in [2.75, 3.05) is 11.1 Å². The van der Waals surface area contributed by atoms with Gasteiger partial charge in [-0.1, -0.05) is 0 Å². The van der Waals surface area contributed by atoms with Gasteiger partial charge in [-0.05, 0) is 30.3 Å². The summed E-state index contributed by atoms with van der Waals surface area (Å²) in [6.07, 6.45) is 0. The monoisotopic (exact) mass is 263 g/mol. The molecular weight excluding hydrogens is 252 g/mol. The first-order valence-corrected chi connectivity index (χ1v) is 5.39. The number of benzene rings is 2. The molecule has 2 aromatic rings. The molecule has 4 nitrogen and oxygen atoms in total. The zero-order valence-corrected chi connectivity index (χ0v) is 9.78. The van der Waals surface area contributed by atoms with Crippen LogP contribution in [0.3, 0.4) is 0 Å². The Labute approximate surface area is 108 Å². The second-order valence-corrected chi connectivity index (χ2v) is 3.92. The number of rotatable bonds is 3. The molecule has 6 heteroatoms. The van der Waals surface area contributed by atoms with E-state index in [9.17, 15) is 13.6 Å². The molecule has 1 amide bonds. The van der Waals surface area contributed by atoms with Crippen LogP contribution < -0.4 is 16.8 Å². The number of carbonyl (C=O) groups is 1. The number of nitrogen functional groups attached to an aromatic ring is 1. The minimum Gasteiger partial charge on any atom is -0.397 e. The molecule has 0 atom stereocenters. The molecule has 2 aromatic carbocycles. The van der Waals surface area contributed by atoms with Crippen LogP contribution in [-0.2, 0) is 0 Å². The van der Waals surface area contributed by atoms with Gasteiger partial charge in [0.1, 0.15) is 0 Å². The first kappa shape index (κ1) is 12.8. The van der Waals surface area contributed by atoms with Gasteiger partial charge in [-0.25, -0.2) is 8.78 Å². The average Bonchev–Trinajstić information content (AvgIpc) is 2.36. The van der Waals surface area contributed by atoms with E-state index in [0.717, 1.165) is 12.1 Å². The molecule has 0 aromatic heterocycles. The average molecular weight is 263 g/mol. The highest BCUT2D eigenvalue weighted by molar-refractivity contribution is 5.95. The summed E-state index contributed by atoms with van der Waals surface area (Å²) < 4.78 is 25.9. The summed E-state index contributed by atoms with van der Waals surface area (Å²) in [7, 11) is 0. The van der Waals surface area contributed by atoms with E-state index >= 15 is 0 Å². The lowest BCUT2D eigenvalue weighted by Crippen LogP contribution is -2.11. The molecular formula is C13H11F2N3O. The number of anilines is 3. The Hall–Kier alpha value is -2.63. The van der Waals surface area contributed by atoms with Crippen molar-refractivity contribution >= 4 is 23.0 Å². The van der Waals surface area contributed by atoms with Crippen molar-refractivity contribution in [1.82, 2.24) is 0 Å². The highest BCUT2D eigenvalue weighted by atomic mass is 19.2. The Bertz CT molecular complexity index is 644. The van der Waals surface area contributed by atoms with Crippen molar-refractivity contribution in [3.05, 3.63) is 53.6 Å². The van der Waals surface area contributed by atoms with Gasteiger partial charge in [0.2, 0.25) is 5.91 Å². The normalized spacial score (nSPS) is 10.2. The molecule has 0 saturated heterocycles. The molecule has 0 saturated carbocycles. The van der Waals surface area contributed by atoms with E-state index in [-0.39, 0.29) is 5.56 Å². The summed E-state index contributed by atoms with van der Waals surface area (Å²) in [5.41, 5.74) is 12.2. The maximum absolute atomic E-state index is 13.1. The molecule has 0 radical (unpaired) electrons. The van der Waals surface area contributed by atoms with Gasteiger partial charge < -0.3 is 16.8 Å². The van der Waals surface area contributed by atoms with Crippen LogP contribution in [0.1, 0.15) is 10.4 Å². The van der Waals surface area contributed by atoms with Gasteiger partial charge in [-0.2, -0.15) is 0 Å². The molecule has 0 spiro atoms. The molecule has 2 rings (SSSR count). The molecule has 0 aliphatic carbocycles. The van der Waals surface area contributed by atoms with Crippen molar-refractivity contribution in [3.63, 3.8) is 0 Å². The number of hydrogen-bond donors (Lipinski definition) is 3. The Balaban J connectivity index is 2.34. The van der Waals surface area contributed by atoms with Gasteiger partial charge in [0.15, 0.2) is 11.6 Å². The van der Waals surface area contributed by atoms with E-state index in [1.165, 1.54) is 24.3 Å². The predicted molar refractivity (Wildman–Crippen MR) is 69.0 cm³/mol. The predicted octanol–water partition coefficient (Wildman–Crippen LogP) is 2.39. The van der Waals surface area contributed by atoms with Gasteiger partial charge >= 0.3 is 0 Å². The van der Waals surface area contributed by atoms with E-state index in [4.69, 9.17) is 11.5 Å². The summed E-state index contributed by atoms with van der Waals surface area (Å²) in [4.78, 5) is 11.1. The molecule has 5 N–H and O–H groups in total. The summed E-state index contributed by atoms with van der Waals surface area (Å²) >= 11 is 0. The Morgan fingerprint density at radius 1 is 1.05 bits per heavy atom. The van der Waals surface area contributed by atoms with Gasteiger partial charge in [0, 0.05) is 17.3 Å². The second kappa shape index (κ2) is 4.93. The first-order chi connectivity index (χ1) is 8.97. The van der Waals surface area contributed by atoms with Gasteiger partial charge in [-0.15, -0.1) is 0 Å². The number of nitrogens with two attached hydrogens (primary N) is 2. The Morgan fingerprint density at radius 3 is 2.42 bits per heavy atom. The summed E-state index contributed by atoms with van der Waals surface area (Å²) in [6.45, 7) is 0. The third kappa shape index (κ3) is 2.79. The molecule has 0 bridgehead atoms. The standard InChI is InChI=1S/C13H11F2N3O/c14-9-3-2-8(6-10(9)15)18-12-5-7(13(17)19)1-4-11(12)16/h1-6,18H,16H2,(H2,17,19). The fourth-order valence-corrected chi connectivity index (χ4v) is 1.55. The molecule has 0 heterocycles. The van der Waals surface area contributed by atoms with Crippen LogP contribution in [0.2, 0.25) is 0 Å². The van der Waals surface area contributed by atoms with Crippen molar-refractivity contribution in [2.45, 2.75) is 0 Å². The number of nitrogens with one attached hydrogen (secondary N) is 1. The van der Waals surface area contributed by atoms with Crippen LogP contribution in [0.4, 0.5) is 25.8 Å². The van der Waals surface area contributed by atoms with E-state index in [0.29, 0.717) is 17.1 Å². The fourth-order valence-electron chi connectivity index (χ4n) is 1.55. The molecule has 98 valence electrons. The zero-order valence-electron chi connectivity index (χ0n) is 9.78. The highest BCUT2D eigenvalue weighted by Crippen LogP contribution is 2.25. The summed E-state index contributed by atoms with van der Waals surface area (Å²) in [6, 6.07) is 7.77. The SMILES string of the molecule is NC(=O)c1ccc(N)c(Nc2ccc(F)c(F)c2)c1. The molecule has 0 aliphatic heterocycles. The number of primary amides is 1. The molecule has 19 heavy (non-hydrogen) atoms. The maximum atomic E-state index is 13.1. The van der Waals surface area contributed by atoms with Crippen LogP contribution >= 0.6 is 0 Å². The van der Waals surface area contributed by atoms with Crippen LogP contribution in [0.5, 0.6) is 0 Å². The Kier molecular flexibility index (Phi) is 3.33. The number of amides is 1. The Morgan fingerprint density at radius 2 is 1.79 bits per heavy atom. The minimum absolute atomic E-state index is 0.263. The van der Waals surface area contributed by atoms with E-state index in [1.807, 2.05) is 0 Å². The van der Waals surface area contributed by atoms with Crippen LogP contribution in [0.25, 0.3) is 0 Å². The molecule has 0 unspecified atom stereocenters. The third-order valence-electron chi connectivity index (χ3n) is 2.54. The van der Waals surface area contributed by atoms with Crippen LogP contribution in [0.15, 0.2) is 36.4 Å². The molecule has 0 aliphatic rings. The highest BCUT2D eigenvalue weighted by Gasteiger charge is 2.07. The minimum atomic E-state index is -0.977. The van der Waals surface area contributed by atoms with Gasteiger partial charge in [-0.3, -0.25) is 4.79 Å². The van der Waals surface area contributed by atoms with Gasteiger partial charge in [0.25, 0.3) is 0 Å². The van der Waals surface area contributed by atoms with Crippen molar-refractivity contribution < 1.29 is 13.6 Å².